The molecule has 0 aliphatic rings. The van der Waals surface area contributed by atoms with E-state index >= 15 is 0 Å². The molecule has 0 spiro atoms. The molecule has 0 aromatic heterocycles. The molecular weight excluding hydrogens is 386 g/mol. The average molecular weight is 414 g/mol. The quantitative estimate of drug-likeness (QED) is 0.492. The molecule has 154 valence electrons. The highest BCUT2D eigenvalue weighted by Crippen LogP contribution is 2.31. The van der Waals surface area contributed by atoms with Gasteiger partial charge in [-0.2, -0.15) is 4.31 Å². The largest absolute Gasteiger partial charge is 0.496 e. The summed E-state index contributed by atoms with van der Waals surface area (Å²) in [6, 6.07) is 10.6. The molecule has 5 nitrogen and oxygen atoms in total. The van der Waals surface area contributed by atoms with Gasteiger partial charge in [0.2, 0.25) is 0 Å². The van der Waals surface area contributed by atoms with Gasteiger partial charge < -0.3 is 9.47 Å². The third-order valence-corrected chi connectivity index (χ3v) is 6.71. The van der Waals surface area contributed by atoms with E-state index in [1.165, 1.54) is 11.4 Å². The number of methoxy groups -OCH3 is 2. The molecule has 0 fully saturated rings. The van der Waals surface area contributed by atoms with E-state index in [1.54, 1.807) is 7.11 Å². The van der Waals surface area contributed by atoms with Crippen LogP contribution in [0.15, 0.2) is 41.3 Å². The van der Waals surface area contributed by atoms with Crippen LogP contribution in [0.2, 0.25) is 0 Å². The van der Waals surface area contributed by atoms with Gasteiger partial charge in [0.1, 0.15) is 22.8 Å². The van der Waals surface area contributed by atoms with Crippen LogP contribution in [0.25, 0.3) is 0 Å². The van der Waals surface area contributed by atoms with Crippen molar-refractivity contribution in [1.82, 2.24) is 4.31 Å². The van der Waals surface area contributed by atoms with Crippen LogP contribution >= 0.6 is 0 Å². The van der Waals surface area contributed by atoms with Gasteiger partial charge in [-0.15, -0.1) is 6.42 Å². The monoisotopic (exact) mass is 413 g/mol. The molecule has 2 aromatic carbocycles. The van der Waals surface area contributed by atoms with E-state index in [0.717, 1.165) is 28.0 Å². The molecule has 0 heterocycles. The number of esters is 1. The van der Waals surface area contributed by atoms with E-state index in [0.29, 0.717) is 11.3 Å². The molecule has 0 aliphatic carbocycles. The van der Waals surface area contributed by atoms with Crippen molar-refractivity contribution in [1.29, 1.82) is 0 Å². The Labute approximate surface area is 175 Å². The van der Waals surface area contributed by atoms with Gasteiger partial charge >= 0.3 is 5.97 Å². The van der Waals surface area contributed by atoms with Crippen molar-refractivity contribution < 1.29 is 18.5 Å². The number of aryl methyl sites for hydroxylation is 1. The summed E-state index contributed by atoms with van der Waals surface area (Å²) in [4.78, 5) is 13.3. The van der Waals surface area contributed by atoms with Crippen LogP contribution in [0.3, 0.4) is 0 Å². The van der Waals surface area contributed by atoms with Gasteiger partial charge in [0, 0.05) is 0 Å². The Kier molecular flexibility index (Phi) is 8.00. The van der Waals surface area contributed by atoms with Crippen molar-refractivity contribution in [2.24, 2.45) is 0 Å². The van der Waals surface area contributed by atoms with Gasteiger partial charge in [0.05, 0.1) is 25.7 Å². The molecule has 0 radical (unpaired) electrons. The van der Waals surface area contributed by atoms with Crippen molar-refractivity contribution in [2.75, 3.05) is 20.8 Å². The third-order valence-electron chi connectivity index (χ3n) is 4.93. The SMILES string of the molecule is C#CCN([C@@H](Cc1ccccc1)C(=O)OC)S(=O)c1c(C)cc(OC)c(C)c1C. The van der Waals surface area contributed by atoms with E-state index in [1.807, 2.05) is 57.2 Å². The second-order valence-electron chi connectivity index (χ2n) is 6.73. The number of ether oxygens (including phenoxy) is 2. The molecule has 2 aromatic rings. The van der Waals surface area contributed by atoms with Crippen molar-refractivity contribution in [3.05, 3.63) is 58.7 Å². The summed E-state index contributed by atoms with van der Waals surface area (Å²) in [5.41, 5.74) is 3.50. The smallest absolute Gasteiger partial charge is 0.324 e. The summed E-state index contributed by atoms with van der Waals surface area (Å²) in [7, 11) is 1.28. The normalized spacial score (nSPS) is 12.9. The van der Waals surface area contributed by atoms with Crippen molar-refractivity contribution in [3.63, 3.8) is 0 Å². The fraction of sp³-hybridized carbons (Fsp3) is 0.348. The zero-order chi connectivity index (χ0) is 21.6. The van der Waals surface area contributed by atoms with Gasteiger partial charge in [-0.25, -0.2) is 4.21 Å². The summed E-state index contributed by atoms with van der Waals surface area (Å²) < 4.78 is 25.6. The Hall–Kier alpha value is -2.62. The molecule has 0 bridgehead atoms. The molecule has 2 rings (SSSR count). The van der Waals surface area contributed by atoms with Gasteiger partial charge in [-0.3, -0.25) is 4.79 Å². The van der Waals surface area contributed by atoms with Gasteiger partial charge in [-0.05, 0) is 55.5 Å². The molecule has 0 amide bonds. The second kappa shape index (κ2) is 10.2. The van der Waals surface area contributed by atoms with Crippen LogP contribution in [-0.2, 0) is 26.9 Å². The molecule has 1 unspecified atom stereocenters. The van der Waals surface area contributed by atoms with Gasteiger partial charge in [0.25, 0.3) is 0 Å². The molecule has 29 heavy (non-hydrogen) atoms. The zero-order valence-electron chi connectivity index (χ0n) is 17.5. The highest BCUT2D eigenvalue weighted by atomic mass is 32.2. The number of carbonyl (C=O) groups is 1. The maximum atomic E-state index is 13.7. The van der Waals surface area contributed by atoms with Crippen molar-refractivity contribution >= 4 is 17.0 Å². The summed E-state index contributed by atoms with van der Waals surface area (Å²) in [5, 5.41) is 0. The maximum absolute atomic E-state index is 13.7. The predicted octanol–water partition coefficient (Wildman–Crippen LogP) is 3.36. The predicted molar refractivity (Wildman–Crippen MR) is 115 cm³/mol. The number of rotatable bonds is 8. The summed E-state index contributed by atoms with van der Waals surface area (Å²) in [5.74, 6) is 2.80. The highest BCUT2D eigenvalue weighted by molar-refractivity contribution is 7.82. The van der Waals surface area contributed by atoms with Crippen LogP contribution < -0.4 is 4.74 Å². The average Bonchev–Trinajstić information content (AvgIpc) is 2.73. The third kappa shape index (κ3) is 5.06. The molecule has 6 heteroatoms. The standard InChI is InChI=1S/C23H27NO4S/c1-7-13-24(20(23(25)28-6)15-19-11-9-8-10-12-19)29(26)22-16(2)14-21(27-5)17(3)18(22)4/h1,8-12,14,20H,13,15H2,2-6H3/t20-,29?/m0/s1. The zero-order valence-corrected chi connectivity index (χ0v) is 18.3. The second-order valence-corrected chi connectivity index (χ2v) is 8.11. The van der Waals surface area contributed by atoms with E-state index in [4.69, 9.17) is 15.9 Å². The Bertz CT molecular complexity index is 934. The maximum Gasteiger partial charge on any atom is 0.324 e. The molecule has 0 saturated heterocycles. The van der Waals surface area contributed by atoms with E-state index < -0.39 is 23.0 Å². The minimum atomic E-state index is -1.66. The first-order valence-corrected chi connectivity index (χ1v) is 10.3. The van der Waals surface area contributed by atoms with E-state index in [9.17, 15) is 9.00 Å². The van der Waals surface area contributed by atoms with Crippen LogP contribution in [0.5, 0.6) is 5.75 Å². The van der Waals surface area contributed by atoms with Crippen LogP contribution in [-0.4, -0.2) is 41.3 Å². The lowest BCUT2D eigenvalue weighted by molar-refractivity contribution is -0.144. The van der Waals surface area contributed by atoms with Crippen LogP contribution in [0.1, 0.15) is 22.3 Å². The lowest BCUT2D eigenvalue weighted by atomic mass is 10.1. The minimum Gasteiger partial charge on any atom is -0.496 e. The summed E-state index contributed by atoms with van der Waals surface area (Å²) in [6.45, 7) is 5.74. The van der Waals surface area contributed by atoms with Crippen LogP contribution in [0.4, 0.5) is 0 Å². The first kappa shape index (κ1) is 22.7. The van der Waals surface area contributed by atoms with E-state index in [2.05, 4.69) is 5.92 Å². The number of terminal acetylenes is 1. The number of carbonyl (C=O) groups excluding carboxylic acids is 1. The molecular formula is C23H27NO4S. The van der Waals surface area contributed by atoms with Gasteiger partial charge in [0.15, 0.2) is 0 Å². The van der Waals surface area contributed by atoms with Crippen molar-refractivity contribution in [3.8, 4) is 18.1 Å². The Morgan fingerprint density at radius 1 is 1.17 bits per heavy atom. The Morgan fingerprint density at radius 2 is 1.83 bits per heavy atom. The lowest BCUT2D eigenvalue weighted by Gasteiger charge is -2.28. The first-order valence-electron chi connectivity index (χ1n) is 9.24. The van der Waals surface area contributed by atoms with E-state index in [-0.39, 0.29) is 6.54 Å². The number of hydrogen-bond acceptors (Lipinski definition) is 4. The highest BCUT2D eigenvalue weighted by Gasteiger charge is 2.33. The fourth-order valence-corrected chi connectivity index (χ4v) is 4.84. The summed E-state index contributed by atoms with van der Waals surface area (Å²) >= 11 is 0. The first-order chi connectivity index (χ1) is 13.8. The molecule has 0 saturated carbocycles. The van der Waals surface area contributed by atoms with Crippen molar-refractivity contribution in [2.45, 2.75) is 38.1 Å². The molecule has 0 N–H and O–H groups in total. The fourth-order valence-electron chi connectivity index (χ4n) is 3.27. The number of nitrogens with zero attached hydrogens (tertiary/aromatic N) is 1. The topological polar surface area (TPSA) is 55.8 Å². The Morgan fingerprint density at radius 3 is 2.38 bits per heavy atom. The molecule has 0 aliphatic heterocycles. The van der Waals surface area contributed by atoms with Gasteiger partial charge in [-0.1, -0.05) is 36.3 Å². The molecule has 2 atom stereocenters. The number of benzene rings is 2. The lowest BCUT2D eigenvalue weighted by Crippen LogP contribution is -2.45. The minimum absolute atomic E-state index is 0.0448. The summed E-state index contributed by atoms with van der Waals surface area (Å²) in [6.07, 6.45) is 5.91. The van der Waals surface area contributed by atoms with Crippen LogP contribution in [0, 0.1) is 33.1 Å². The number of hydrogen-bond donors (Lipinski definition) is 0. The Balaban J connectivity index is 2.52.